The number of hydrogen-bond acceptors (Lipinski definition) is 5. The molecule has 0 saturated heterocycles. The van der Waals surface area contributed by atoms with Crippen molar-refractivity contribution in [1.82, 2.24) is 5.32 Å². The summed E-state index contributed by atoms with van der Waals surface area (Å²) in [4.78, 5) is 49.9. The molecule has 0 aliphatic heterocycles. The lowest BCUT2D eigenvalue weighted by Crippen LogP contribution is -2.59. The van der Waals surface area contributed by atoms with Crippen molar-refractivity contribution in [3.05, 3.63) is 35.4 Å². The second-order valence-electron chi connectivity index (χ2n) is 6.29. The van der Waals surface area contributed by atoms with Crippen molar-refractivity contribution in [1.29, 1.82) is 0 Å². The first kappa shape index (κ1) is 16.4. The molecular weight excluding hydrogens is 310 g/mol. The van der Waals surface area contributed by atoms with Gasteiger partial charge in [0.05, 0.1) is 0 Å². The molecule has 126 valence electrons. The van der Waals surface area contributed by atoms with Gasteiger partial charge in [0.1, 0.15) is 0 Å². The van der Waals surface area contributed by atoms with E-state index < -0.39 is 29.0 Å². The molecule has 1 aromatic rings. The molecule has 0 unspecified atom stereocenters. The maximum atomic E-state index is 12.8. The zero-order chi connectivity index (χ0) is 17.3. The van der Waals surface area contributed by atoms with Gasteiger partial charge in [0.15, 0.2) is 0 Å². The van der Waals surface area contributed by atoms with E-state index in [4.69, 9.17) is 4.74 Å². The molecule has 1 aromatic carbocycles. The van der Waals surface area contributed by atoms with E-state index in [1.54, 1.807) is 12.1 Å². The third kappa shape index (κ3) is 2.52. The summed E-state index contributed by atoms with van der Waals surface area (Å²) in [7, 11) is 0. The summed E-state index contributed by atoms with van der Waals surface area (Å²) >= 11 is 0. The number of hydrogen-bond donors (Lipinski definition) is 1. The van der Waals surface area contributed by atoms with Crippen LogP contribution in [0.25, 0.3) is 0 Å². The topological polar surface area (TPSA) is 89.5 Å². The van der Waals surface area contributed by atoms with Crippen LogP contribution in [-0.4, -0.2) is 35.1 Å². The molecule has 1 amide bonds. The summed E-state index contributed by atoms with van der Waals surface area (Å²) in [5.74, 6) is -3.22. The summed E-state index contributed by atoms with van der Waals surface area (Å²) in [6.45, 7) is 1.08. The largest absolute Gasteiger partial charge is 0.432 e. The molecule has 2 aliphatic rings. The molecule has 0 radical (unpaired) electrons. The van der Waals surface area contributed by atoms with Gasteiger partial charge in [-0.05, 0) is 12.8 Å². The SMILES string of the molecule is CC(=O)OC1(C(=O)NC2CCCCC2)C(=O)c2ccccc2C1=O. The van der Waals surface area contributed by atoms with Crippen LogP contribution in [-0.2, 0) is 14.3 Å². The molecule has 6 heteroatoms. The van der Waals surface area contributed by atoms with Crippen molar-refractivity contribution >= 4 is 23.4 Å². The van der Waals surface area contributed by atoms with Crippen LogP contribution in [0.4, 0.5) is 0 Å². The molecule has 1 N–H and O–H groups in total. The smallest absolute Gasteiger partial charge is 0.313 e. The molecule has 2 aliphatic carbocycles. The minimum absolute atomic E-state index is 0.108. The van der Waals surface area contributed by atoms with Crippen LogP contribution >= 0.6 is 0 Å². The number of benzene rings is 1. The number of carbonyl (C=O) groups is 4. The van der Waals surface area contributed by atoms with Crippen LogP contribution in [0.2, 0.25) is 0 Å². The molecule has 24 heavy (non-hydrogen) atoms. The van der Waals surface area contributed by atoms with E-state index in [0.29, 0.717) is 0 Å². The van der Waals surface area contributed by atoms with Gasteiger partial charge in [-0.3, -0.25) is 19.2 Å². The highest BCUT2D eigenvalue weighted by Crippen LogP contribution is 2.34. The Labute approximate surface area is 139 Å². The zero-order valence-corrected chi connectivity index (χ0v) is 13.5. The molecular formula is C18H19NO5. The van der Waals surface area contributed by atoms with Crippen LogP contribution in [0.5, 0.6) is 0 Å². The molecule has 0 spiro atoms. The first-order chi connectivity index (χ1) is 11.5. The Morgan fingerprint density at radius 2 is 1.58 bits per heavy atom. The van der Waals surface area contributed by atoms with Gasteiger partial charge in [-0.15, -0.1) is 0 Å². The Morgan fingerprint density at radius 3 is 2.08 bits per heavy atom. The Balaban J connectivity index is 1.97. The van der Waals surface area contributed by atoms with Gasteiger partial charge >= 0.3 is 11.6 Å². The summed E-state index contributed by atoms with van der Waals surface area (Å²) in [5.41, 5.74) is -2.20. The van der Waals surface area contributed by atoms with Gasteiger partial charge in [0, 0.05) is 24.1 Å². The minimum Gasteiger partial charge on any atom is -0.432 e. The van der Waals surface area contributed by atoms with E-state index in [2.05, 4.69) is 5.32 Å². The van der Waals surface area contributed by atoms with Crippen molar-refractivity contribution in [2.75, 3.05) is 0 Å². The predicted molar refractivity (Wildman–Crippen MR) is 84.6 cm³/mol. The minimum atomic E-state index is -2.42. The van der Waals surface area contributed by atoms with E-state index in [1.807, 2.05) is 0 Å². The number of rotatable bonds is 3. The predicted octanol–water partition coefficient (Wildman–Crippen LogP) is 1.82. The lowest BCUT2D eigenvalue weighted by atomic mass is 9.92. The molecule has 1 fully saturated rings. The van der Waals surface area contributed by atoms with Crippen LogP contribution in [0.15, 0.2) is 24.3 Å². The quantitative estimate of drug-likeness (QED) is 0.675. The average Bonchev–Trinajstić information content (AvgIpc) is 2.79. The molecule has 0 heterocycles. The number of ether oxygens (including phenoxy) is 1. The maximum Gasteiger partial charge on any atom is 0.313 e. The molecule has 1 saturated carbocycles. The van der Waals surface area contributed by atoms with Crippen molar-refractivity contribution in [3.63, 3.8) is 0 Å². The maximum absolute atomic E-state index is 12.8. The normalized spacial score (nSPS) is 19.7. The lowest BCUT2D eigenvalue weighted by molar-refractivity contribution is -0.157. The molecule has 0 atom stereocenters. The fraction of sp³-hybridized carbons (Fsp3) is 0.444. The van der Waals surface area contributed by atoms with Gasteiger partial charge in [0.25, 0.3) is 5.91 Å². The highest BCUT2D eigenvalue weighted by atomic mass is 16.6. The second kappa shape index (κ2) is 6.19. The number of ketones is 2. The number of nitrogens with one attached hydrogen (secondary N) is 1. The summed E-state index contributed by atoms with van der Waals surface area (Å²) in [5, 5.41) is 2.74. The molecule has 3 rings (SSSR count). The van der Waals surface area contributed by atoms with Gasteiger partial charge in [0.2, 0.25) is 11.6 Å². The van der Waals surface area contributed by atoms with Crippen LogP contribution in [0, 0.1) is 0 Å². The fourth-order valence-electron chi connectivity index (χ4n) is 3.46. The number of amides is 1. The lowest BCUT2D eigenvalue weighted by Gasteiger charge is -2.29. The highest BCUT2D eigenvalue weighted by molar-refractivity contribution is 6.42. The highest BCUT2D eigenvalue weighted by Gasteiger charge is 2.62. The van der Waals surface area contributed by atoms with Crippen LogP contribution in [0.3, 0.4) is 0 Å². The third-order valence-corrected chi connectivity index (χ3v) is 4.61. The summed E-state index contributed by atoms with van der Waals surface area (Å²) in [6.07, 6.45) is 4.64. The first-order valence-electron chi connectivity index (χ1n) is 8.16. The summed E-state index contributed by atoms with van der Waals surface area (Å²) < 4.78 is 5.06. The fourth-order valence-corrected chi connectivity index (χ4v) is 3.46. The monoisotopic (exact) mass is 329 g/mol. The van der Waals surface area contributed by atoms with Crippen LogP contribution < -0.4 is 5.32 Å². The van der Waals surface area contributed by atoms with Crippen molar-refractivity contribution in [2.45, 2.75) is 50.7 Å². The zero-order valence-electron chi connectivity index (χ0n) is 13.5. The number of Topliss-reactive ketones (excluding diaryl/α,β-unsaturated/α-hetero) is 2. The van der Waals surface area contributed by atoms with Gasteiger partial charge in [-0.25, -0.2) is 0 Å². The number of esters is 1. The van der Waals surface area contributed by atoms with Crippen molar-refractivity contribution in [2.24, 2.45) is 0 Å². The average molecular weight is 329 g/mol. The Kier molecular flexibility index (Phi) is 4.22. The Morgan fingerprint density at radius 1 is 1.04 bits per heavy atom. The van der Waals surface area contributed by atoms with Gasteiger partial charge in [-0.1, -0.05) is 43.5 Å². The second-order valence-corrected chi connectivity index (χ2v) is 6.29. The Bertz CT molecular complexity index is 683. The first-order valence-corrected chi connectivity index (χ1v) is 8.16. The van der Waals surface area contributed by atoms with Gasteiger partial charge < -0.3 is 10.1 Å². The molecule has 6 nitrogen and oxygen atoms in total. The molecule has 0 aromatic heterocycles. The standard InChI is InChI=1S/C18H19NO5/c1-11(20)24-18(17(23)19-12-7-3-2-4-8-12)15(21)13-9-5-6-10-14(13)16(18)22/h5-6,9-10,12H,2-4,7-8H2,1H3,(H,19,23). The van der Waals surface area contributed by atoms with Crippen molar-refractivity contribution < 1.29 is 23.9 Å². The van der Waals surface area contributed by atoms with Crippen molar-refractivity contribution in [3.8, 4) is 0 Å². The van der Waals surface area contributed by atoms with E-state index in [0.717, 1.165) is 39.0 Å². The number of carbonyl (C=O) groups excluding carboxylic acids is 4. The van der Waals surface area contributed by atoms with E-state index in [-0.39, 0.29) is 17.2 Å². The third-order valence-electron chi connectivity index (χ3n) is 4.61. The number of fused-ring (bicyclic) bond motifs is 1. The Hall–Kier alpha value is -2.50. The van der Waals surface area contributed by atoms with E-state index in [1.165, 1.54) is 12.1 Å². The van der Waals surface area contributed by atoms with Crippen LogP contribution in [0.1, 0.15) is 59.7 Å². The molecule has 0 bridgehead atoms. The summed E-state index contributed by atoms with van der Waals surface area (Å²) in [6, 6.07) is 6.03. The van der Waals surface area contributed by atoms with E-state index in [9.17, 15) is 19.2 Å². The van der Waals surface area contributed by atoms with E-state index >= 15 is 0 Å². The van der Waals surface area contributed by atoms with Gasteiger partial charge in [-0.2, -0.15) is 0 Å².